The number of fused-ring (bicyclic) bond motifs is 1. The van der Waals surface area contributed by atoms with Crippen molar-refractivity contribution in [2.45, 2.75) is 56.8 Å². The zero-order valence-electron chi connectivity index (χ0n) is 14.0. The van der Waals surface area contributed by atoms with Gasteiger partial charge in [-0.2, -0.15) is 0 Å². The molecule has 2 saturated heterocycles. The SMILES string of the molecule is O=C1N[C@H]2[C@@H](CCC[C@@H]2N2CCCC2)N(Cc2ccccc2)C1=O. The predicted octanol–water partition coefficient (Wildman–Crippen LogP) is 1.53. The molecule has 2 aliphatic heterocycles. The zero-order chi connectivity index (χ0) is 16.5. The monoisotopic (exact) mass is 327 g/mol. The van der Waals surface area contributed by atoms with Crippen molar-refractivity contribution in [2.24, 2.45) is 0 Å². The van der Waals surface area contributed by atoms with E-state index in [-0.39, 0.29) is 18.0 Å². The molecule has 2 amide bonds. The summed E-state index contributed by atoms with van der Waals surface area (Å²) in [5.41, 5.74) is 1.09. The van der Waals surface area contributed by atoms with E-state index < -0.39 is 5.91 Å². The van der Waals surface area contributed by atoms with Crippen LogP contribution in [0.15, 0.2) is 30.3 Å². The molecule has 0 radical (unpaired) electrons. The number of nitrogens with one attached hydrogen (secondary N) is 1. The van der Waals surface area contributed by atoms with E-state index in [1.54, 1.807) is 0 Å². The number of hydrogen-bond donors (Lipinski definition) is 1. The Morgan fingerprint density at radius 3 is 2.42 bits per heavy atom. The summed E-state index contributed by atoms with van der Waals surface area (Å²) >= 11 is 0. The third kappa shape index (κ3) is 2.81. The van der Waals surface area contributed by atoms with E-state index in [1.807, 2.05) is 35.2 Å². The second-order valence-electron chi connectivity index (χ2n) is 7.23. The van der Waals surface area contributed by atoms with Crippen LogP contribution in [0, 0.1) is 0 Å². The lowest BCUT2D eigenvalue weighted by Crippen LogP contribution is -2.69. The predicted molar refractivity (Wildman–Crippen MR) is 91.2 cm³/mol. The third-order valence-corrected chi connectivity index (χ3v) is 5.79. The van der Waals surface area contributed by atoms with Gasteiger partial charge in [-0.05, 0) is 50.8 Å². The second-order valence-corrected chi connectivity index (χ2v) is 7.23. The Labute approximate surface area is 143 Å². The van der Waals surface area contributed by atoms with Crippen LogP contribution < -0.4 is 5.32 Å². The molecule has 1 aromatic carbocycles. The number of carbonyl (C=O) groups excluding carboxylic acids is 2. The number of hydrogen-bond acceptors (Lipinski definition) is 3. The van der Waals surface area contributed by atoms with Crippen LogP contribution in [0.3, 0.4) is 0 Å². The smallest absolute Gasteiger partial charge is 0.312 e. The van der Waals surface area contributed by atoms with E-state index in [0.717, 1.165) is 37.9 Å². The van der Waals surface area contributed by atoms with Crippen LogP contribution in [-0.4, -0.2) is 52.8 Å². The molecule has 128 valence electrons. The molecule has 3 aliphatic rings. The van der Waals surface area contributed by atoms with E-state index in [1.165, 1.54) is 12.8 Å². The van der Waals surface area contributed by atoms with Crippen molar-refractivity contribution in [3.8, 4) is 0 Å². The maximum Gasteiger partial charge on any atom is 0.312 e. The minimum atomic E-state index is -0.432. The summed E-state index contributed by atoms with van der Waals surface area (Å²) in [5.74, 6) is -0.805. The van der Waals surface area contributed by atoms with Crippen LogP contribution in [0.25, 0.3) is 0 Å². The minimum absolute atomic E-state index is 0.0748. The van der Waals surface area contributed by atoms with Gasteiger partial charge in [0.1, 0.15) is 0 Å². The Balaban J connectivity index is 1.58. The molecule has 0 bridgehead atoms. The molecule has 5 nitrogen and oxygen atoms in total. The fourth-order valence-corrected chi connectivity index (χ4v) is 4.64. The van der Waals surface area contributed by atoms with Crippen molar-refractivity contribution < 1.29 is 9.59 Å². The standard InChI is InChI=1S/C19H25N3O2/c23-18-19(24)22(13-14-7-2-1-3-8-14)16-10-6-9-15(17(16)20-18)21-11-4-5-12-21/h1-3,7-8,15-17H,4-6,9-13H2,(H,20,23)/t15-,16+,17+/m0/s1. The molecule has 0 spiro atoms. The fourth-order valence-electron chi connectivity index (χ4n) is 4.64. The van der Waals surface area contributed by atoms with Gasteiger partial charge < -0.3 is 10.2 Å². The highest BCUT2D eigenvalue weighted by atomic mass is 16.2. The number of carbonyl (C=O) groups is 2. The highest BCUT2D eigenvalue weighted by Gasteiger charge is 2.47. The molecule has 1 aromatic rings. The van der Waals surface area contributed by atoms with Gasteiger partial charge >= 0.3 is 11.8 Å². The van der Waals surface area contributed by atoms with Gasteiger partial charge in [0, 0.05) is 12.6 Å². The number of likely N-dealkylation sites (tertiary alicyclic amines) is 1. The Hall–Kier alpha value is -1.88. The summed E-state index contributed by atoms with van der Waals surface area (Å²) in [6.07, 6.45) is 5.71. The minimum Gasteiger partial charge on any atom is -0.341 e. The highest BCUT2D eigenvalue weighted by molar-refractivity contribution is 6.35. The molecule has 4 rings (SSSR count). The Morgan fingerprint density at radius 1 is 0.958 bits per heavy atom. The average molecular weight is 327 g/mol. The first-order valence-electron chi connectivity index (χ1n) is 9.13. The molecular weight excluding hydrogens is 302 g/mol. The van der Waals surface area contributed by atoms with E-state index in [0.29, 0.717) is 12.6 Å². The number of rotatable bonds is 3. The lowest BCUT2D eigenvalue weighted by Gasteiger charge is -2.49. The van der Waals surface area contributed by atoms with Crippen molar-refractivity contribution in [3.05, 3.63) is 35.9 Å². The maximum absolute atomic E-state index is 12.5. The Kier molecular flexibility index (Phi) is 4.27. The number of nitrogens with zero attached hydrogens (tertiary/aromatic N) is 2. The van der Waals surface area contributed by atoms with Crippen molar-refractivity contribution in [1.82, 2.24) is 15.1 Å². The van der Waals surface area contributed by atoms with Crippen molar-refractivity contribution in [1.29, 1.82) is 0 Å². The normalized spacial score (nSPS) is 31.0. The Morgan fingerprint density at radius 2 is 1.67 bits per heavy atom. The van der Waals surface area contributed by atoms with Crippen LogP contribution >= 0.6 is 0 Å². The van der Waals surface area contributed by atoms with Gasteiger partial charge in [-0.3, -0.25) is 14.5 Å². The van der Waals surface area contributed by atoms with Crippen LogP contribution in [-0.2, 0) is 16.1 Å². The topological polar surface area (TPSA) is 52.7 Å². The van der Waals surface area contributed by atoms with Gasteiger partial charge in [0.05, 0.1) is 12.1 Å². The summed E-state index contributed by atoms with van der Waals surface area (Å²) in [5, 5.41) is 3.04. The molecule has 3 atom stereocenters. The first kappa shape index (κ1) is 15.6. The van der Waals surface area contributed by atoms with Gasteiger partial charge in [0.25, 0.3) is 0 Å². The van der Waals surface area contributed by atoms with Crippen LogP contribution in [0.5, 0.6) is 0 Å². The molecule has 0 aromatic heterocycles. The molecule has 1 saturated carbocycles. The van der Waals surface area contributed by atoms with Crippen LogP contribution in [0.1, 0.15) is 37.7 Å². The van der Waals surface area contributed by atoms with Gasteiger partial charge in [0.2, 0.25) is 0 Å². The molecule has 5 heteroatoms. The summed E-state index contributed by atoms with van der Waals surface area (Å²) in [4.78, 5) is 29.1. The molecule has 0 unspecified atom stereocenters. The maximum atomic E-state index is 12.5. The molecule has 24 heavy (non-hydrogen) atoms. The Bertz CT molecular complexity index is 612. The van der Waals surface area contributed by atoms with E-state index in [9.17, 15) is 9.59 Å². The summed E-state index contributed by atoms with van der Waals surface area (Å²) in [6.45, 7) is 2.77. The summed E-state index contributed by atoms with van der Waals surface area (Å²) in [7, 11) is 0. The molecule has 3 fully saturated rings. The van der Waals surface area contributed by atoms with Gasteiger partial charge in [0.15, 0.2) is 0 Å². The molecule has 2 heterocycles. The first-order chi connectivity index (χ1) is 11.7. The van der Waals surface area contributed by atoms with Crippen molar-refractivity contribution >= 4 is 11.8 Å². The summed E-state index contributed by atoms with van der Waals surface area (Å²) < 4.78 is 0. The van der Waals surface area contributed by atoms with E-state index in [4.69, 9.17) is 0 Å². The van der Waals surface area contributed by atoms with Crippen LogP contribution in [0.4, 0.5) is 0 Å². The zero-order valence-corrected chi connectivity index (χ0v) is 14.0. The molecule has 1 N–H and O–H groups in total. The lowest BCUT2D eigenvalue weighted by molar-refractivity contribution is -0.155. The second kappa shape index (κ2) is 6.55. The lowest BCUT2D eigenvalue weighted by atomic mass is 9.82. The van der Waals surface area contributed by atoms with Crippen molar-refractivity contribution in [3.63, 3.8) is 0 Å². The highest BCUT2D eigenvalue weighted by Crippen LogP contribution is 2.32. The van der Waals surface area contributed by atoms with Crippen LogP contribution in [0.2, 0.25) is 0 Å². The van der Waals surface area contributed by atoms with Gasteiger partial charge in [-0.1, -0.05) is 30.3 Å². The van der Waals surface area contributed by atoms with E-state index in [2.05, 4.69) is 10.2 Å². The molecule has 1 aliphatic carbocycles. The van der Waals surface area contributed by atoms with E-state index >= 15 is 0 Å². The van der Waals surface area contributed by atoms with Crippen molar-refractivity contribution in [2.75, 3.05) is 13.1 Å². The van der Waals surface area contributed by atoms with Gasteiger partial charge in [-0.15, -0.1) is 0 Å². The first-order valence-corrected chi connectivity index (χ1v) is 9.13. The number of piperazine rings is 1. The summed E-state index contributed by atoms with van der Waals surface area (Å²) in [6, 6.07) is 10.6. The number of benzene rings is 1. The fraction of sp³-hybridized carbons (Fsp3) is 0.579. The van der Waals surface area contributed by atoms with Gasteiger partial charge in [-0.25, -0.2) is 0 Å². The molecular formula is C19H25N3O2. The number of amides is 2. The quantitative estimate of drug-likeness (QED) is 0.857. The third-order valence-electron chi connectivity index (χ3n) is 5.79. The largest absolute Gasteiger partial charge is 0.341 e. The average Bonchev–Trinajstić information content (AvgIpc) is 3.14.